The van der Waals surface area contributed by atoms with Crippen LogP contribution in [0.5, 0.6) is 5.75 Å². The van der Waals surface area contributed by atoms with Crippen molar-refractivity contribution in [2.75, 3.05) is 26.3 Å². The third-order valence-electron chi connectivity index (χ3n) is 3.38. The molecule has 0 spiro atoms. The molecule has 1 aromatic carbocycles. The van der Waals surface area contributed by atoms with Gasteiger partial charge in [0.1, 0.15) is 11.9 Å². The zero-order chi connectivity index (χ0) is 15.1. The Labute approximate surface area is 126 Å². The molecule has 0 aliphatic carbocycles. The van der Waals surface area contributed by atoms with Gasteiger partial charge in [-0.2, -0.15) is 0 Å². The highest BCUT2D eigenvalue weighted by Gasteiger charge is 2.17. The van der Waals surface area contributed by atoms with E-state index >= 15 is 0 Å². The highest BCUT2D eigenvalue weighted by atomic mass is 16.5. The van der Waals surface area contributed by atoms with Gasteiger partial charge in [-0.3, -0.25) is 4.79 Å². The molecule has 5 nitrogen and oxygen atoms in total. The third-order valence-corrected chi connectivity index (χ3v) is 3.38. The van der Waals surface area contributed by atoms with Gasteiger partial charge in [0, 0.05) is 19.0 Å². The summed E-state index contributed by atoms with van der Waals surface area (Å²) in [6.07, 6.45) is 0.379. The van der Waals surface area contributed by atoms with Crippen LogP contribution in [0.15, 0.2) is 24.3 Å². The van der Waals surface area contributed by atoms with Gasteiger partial charge in [0.25, 0.3) is 0 Å². The largest absolute Gasteiger partial charge is 0.489 e. The van der Waals surface area contributed by atoms with E-state index in [0.29, 0.717) is 19.6 Å². The summed E-state index contributed by atoms with van der Waals surface area (Å²) in [5.74, 6) is 0.849. The minimum absolute atomic E-state index is 0.0253. The van der Waals surface area contributed by atoms with Gasteiger partial charge in [0.15, 0.2) is 0 Å². The maximum absolute atomic E-state index is 11.9. The van der Waals surface area contributed by atoms with E-state index in [1.165, 1.54) is 5.56 Å². The van der Waals surface area contributed by atoms with Gasteiger partial charge in [-0.1, -0.05) is 17.7 Å². The Bertz CT molecular complexity index is 441. The molecule has 1 heterocycles. The topological polar surface area (TPSA) is 59.6 Å². The second kappa shape index (κ2) is 8.00. The minimum atomic E-state index is -0.0628. The maximum atomic E-state index is 11.9. The number of carbonyl (C=O) groups excluding carboxylic acids is 1. The van der Waals surface area contributed by atoms with E-state index in [-0.39, 0.29) is 18.1 Å². The van der Waals surface area contributed by atoms with Crippen LogP contribution in [0.1, 0.15) is 18.9 Å². The van der Waals surface area contributed by atoms with E-state index in [1.54, 1.807) is 0 Å². The zero-order valence-electron chi connectivity index (χ0n) is 12.7. The van der Waals surface area contributed by atoms with E-state index in [2.05, 4.69) is 10.6 Å². The van der Waals surface area contributed by atoms with E-state index in [1.807, 2.05) is 38.1 Å². The lowest BCUT2D eigenvalue weighted by atomic mass is 10.2. The number of hydrogen-bond acceptors (Lipinski definition) is 4. The van der Waals surface area contributed by atoms with Crippen LogP contribution in [0, 0.1) is 6.92 Å². The summed E-state index contributed by atoms with van der Waals surface area (Å²) in [5.41, 5.74) is 1.20. The van der Waals surface area contributed by atoms with Crippen molar-refractivity contribution >= 4 is 5.91 Å². The summed E-state index contributed by atoms with van der Waals surface area (Å²) in [4.78, 5) is 11.9. The molecule has 0 saturated carbocycles. The fraction of sp³-hybridized carbons (Fsp3) is 0.562. The van der Waals surface area contributed by atoms with E-state index < -0.39 is 0 Å². The highest BCUT2D eigenvalue weighted by Crippen LogP contribution is 2.13. The molecule has 0 aromatic heterocycles. The fourth-order valence-corrected chi connectivity index (χ4v) is 2.20. The highest BCUT2D eigenvalue weighted by molar-refractivity contribution is 5.76. The summed E-state index contributed by atoms with van der Waals surface area (Å²) in [6.45, 7) is 6.62. The van der Waals surface area contributed by atoms with Gasteiger partial charge in [-0.25, -0.2) is 0 Å². The van der Waals surface area contributed by atoms with Crippen LogP contribution in [-0.4, -0.2) is 44.4 Å². The fourth-order valence-electron chi connectivity index (χ4n) is 2.20. The number of carbonyl (C=O) groups is 1. The molecule has 21 heavy (non-hydrogen) atoms. The van der Waals surface area contributed by atoms with Crippen molar-refractivity contribution in [3.05, 3.63) is 29.8 Å². The number of aryl methyl sites for hydroxylation is 1. The Kier molecular flexibility index (Phi) is 6.02. The van der Waals surface area contributed by atoms with Crippen molar-refractivity contribution in [1.29, 1.82) is 0 Å². The van der Waals surface area contributed by atoms with Crippen molar-refractivity contribution < 1.29 is 14.3 Å². The molecule has 116 valence electrons. The number of ether oxygens (including phenoxy) is 2. The molecule has 1 aliphatic rings. The van der Waals surface area contributed by atoms with E-state index in [4.69, 9.17) is 9.47 Å². The zero-order valence-corrected chi connectivity index (χ0v) is 12.7. The van der Waals surface area contributed by atoms with Gasteiger partial charge >= 0.3 is 0 Å². The number of nitrogens with one attached hydrogen (secondary N) is 2. The Hall–Kier alpha value is -1.59. The molecule has 1 amide bonds. The first-order chi connectivity index (χ1) is 10.1. The van der Waals surface area contributed by atoms with Crippen molar-refractivity contribution in [2.45, 2.75) is 32.4 Å². The normalized spacial score (nSPS) is 19.8. The summed E-state index contributed by atoms with van der Waals surface area (Å²) in [5, 5.41) is 6.17. The van der Waals surface area contributed by atoms with Crippen LogP contribution in [0.3, 0.4) is 0 Å². The lowest BCUT2D eigenvalue weighted by Gasteiger charge is -2.23. The minimum Gasteiger partial charge on any atom is -0.489 e. The lowest BCUT2D eigenvalue weighted by molar-refractivity contribution is -0.122. The molecule has 1 aromatic rings. The molecule has 5 heteroatoms. The number of hydrogen-bond donors (Lipinski definition) is 2. The lowest BCUT2D eigenvalue weighted by Crippen LogP contribution is -2.45. The van der Waals surface area contributed by atoms with Crippen LogP contribution in [-0.2, 0) is 9.53 Å². The third kappa shape index (κ3) is 5.73. The second-order valence-electron chi connectivity index (χ2n) is 5.48. The smallest absolute Gasteiger partial charge is 0.221 e. The van der Waals surface area contributed by atoms with Crippen LogP contribution in [0.4, 0.5) is 0 Å². The number of benzene rings is 1. The molecule has 2 rings (SSSR count). The van der Waals surface area contributed by atoms with E-state index in [9.17, 15) is 4.79 Å². The molecular formula is C16H24N2O3. The van der Waals surface area contributed by atoms with Gasteiger partial charge in [0.2, 0.25) is 5.91 Å². The molecule has 0 bridgehead atoms. The quantitative estimate of drug-likeness (QED) is 0.828. The maximum Gasteiger partial charge on any atom is 0.221 e. The van der Waals surface area contributed by atoms with Crippen LogP contribution >= 0.6 is 0 Å². The average Bonchev–Trinajstić information content (AvgIpc) is 2.49. The monoisotopic (exact) mass is 292 g/mol. The summed E-state index contributed by atoms with van der Waals surface area (Å²) < 4.78 is 11.1. The summed E-state index contributed by atoms with van der Waals surface area (Å²) in [6, 6.07) is 8.02. The first-order valence-corrected chi connectivity index (χ1v) is 7.44. The van der Waals surface area contributed by atoms with Crippen LogP contribution in [0.2, 0.25) is 0 Å². The molecule has 2 atom stereocenters. The molecule has 1 saturated heterocycles. The predicted octanol–water partition coefficient (Wildman–Crippen LogP) is 1.26. The average molecular weight is 292 g/mol. The first-order valence-electron chi connectivity index (χ1n) is 7.44. The van der Waals surface area contributed by atoms with Crippen molar-refractivity contribution in [3.63, 3.8) is 0 Å². The van der Waals surface area contributed by atoms with Gasteiger partial charge in [-0.15, -0.1) is 0 Å². The van der Waals surface area contributed by atoms with Crippen molar-refractivity contribution in [3.8, 4) is 5.75 Å². The Morgan fingerprint density at radius 2 is 2.24 bits per heavy atom. The number of rotatable bonds is 6. The van der Waals surface area contributed by atoms with Crippen molar-refractivity contribution in [1.82, 2.24) is 10.6 Å². The van der Waals surface area contributed by atoms with Crippen LogP contribution in [0.25, 0.3) is 0 Å². The molecule has 2 unspecified atom stereocenters. The first kappa shape index (κ1) is 15.8. The number of amides is 1. The Balaban J connectivity index is 1.66. The Morgan fingerprint density at radius 3 is 2.90 bits per heavy atom. The van der Waals surface area contributed by atoms with Gasteiger partial charge in [-0.05, 0) is 26.0 Å². The van der Waals surface area contributed by atoms with Gasteiger partial charge < -0.3 is 20.1 Å². The second-order valence-corrected chi connectivity index (χ2v) is 5.48. The number of morpholine rings is 1. The van der Waals surface area contributed by atoms with Gasteiger partial charge in [0.05, 0.1) is 19.8 Å². The molecule has 1 aliphatic heterocycles. The summed E-state index contributed by atoms with van der Waals surface area (Å²) >= 11 is 0. The molecule has 1 fully saturated rings. The Morgan fingerprint density at radius 1 is 1.48 bits per heavy atom. The molecule has 2 N–H and O–H groups in total. The van der Waals surface area contributed by atoms with E-state index in [0.717, 1.165) is 18.9 Å². The standard InChI is InChI=1S/C16H24N2O3/c1-12-3-5-15(6-4-12)21-13(2)10-18-16(19)9-14-11-20-8-7-17-14/h3-6,13-14,17H,7-11H2,1-2H3,(H,18,19). The molecular weight excluding hydrogens is 268 g/mol. The predicted molar refractivity (Wildman–Crippen MR) is 81.5 cm³/mol. The molecule has 0 radical (unpaired) electrons. The van der Waals surface area contributed by atoms with Crippen molar-refractivity contribution in [2.24, 2.45) is 0 Å². The summed E-state index contributed by atoms with van der Waals surface area (Å²) in [7, 11) is 0. The van der Waals surface area contributed by atoms with Crippen LogP contribution < -0.4 is 15.4 Å². The SMILES string of the molecule is Cc1ccc(OC(C)CNC(=O)CC2COCCN2)cc1.